The Kier molecular flexibility index (Phi) is 7.55. The monoisotopic (exact) mass is 297 g/mol. The van der Waals surface area contributed by atoms with Crippen molar-refractivity contribution >= 4 is 41.6 Å². The number of hydrogen-bond donors (Lipinski definition) is 1. The number of carbonyl (C=O) groups excluding carboxylic acids is 1. The van der Waals surface area contributed by atoms with E-state index in [-0.39, 0.29) is 24.8 Å². The molecule has 17 heavy (non-hydrogen) atoms. The van der Waals surface area contributed by atoms with Crippen LogP contribution in [-0.4, -0.2) is 12.6 Å². The van der Waals surface area contributed by atoms with Gasteiger partial charge in [0.05, 0.1) is 13.0 Å². The van der Waals surface area contributed by atoms with E-state index in [1.165, 1.54) is 0 Å². The highest BCUT2D eigenvalue weighted by Crippen LogP contribution is 2.26. The first-order chi connectivity index (χ1) is 7.54. The van der Waals surface area contributed by atoms with E-state index in [9.17, 15) is 4.79 Å². The van der Waals surface area contributed by atoms with E-state index in [0.717, 1.165) is 0 Å². The molecule has 0 bridgehead atoms. The van der Waals surface area contributed by atoms with Crippen molar-refractivity contribution in [3.05, 3.63) is 33.8 Å². The Morgan fingerprint density at radius 3 is 2.71 bits per heavy atom. The van der Waals surface area contributed by atoms with Crippen molar-refractivity contribution in [2.45, 2.75) is 19.4 Å². The largest absolute Gasteiger partial charge is 0.466 e. The fourth-order valence-corrected chi connectivity index (χ4v) is 1.75. The second-order valence-electron chi connectivity index (χ2n) is 3.28. The number of halogens is 3. The Morgan fingerprint density at radius 2 is 2.12 bits per heavy atom. The highest BCUT2D eigenvalue weighted by atomic mass is 35.5. The van der Waals surface area contributed by atoms with Gasteiger partial charge in [-0.15, -0.1) is 12.4 Å². The van der Waals surface area contributed by atoms with Crippen molar-refractivity contribution in [1.29, 1.82) is 0 Å². The number of benzene rings is 1. The SMILES string of the molecule is CCOC(=O)C[C@H](N)c1cc(Cl)ccc1Cl.Cl. The molecule has 0 heterocycles. The van der Waals surface area contributed by atoms with Gasteiger partial charge < -0.3 is 10.5 Å². The molecule has 0 aliphatic carbocycles. The van der Waals surface area contributed by atoms with Crippen LogP contribution in [0, 0.1) is 0 Å². The van der Waals surface area contributed by atoms with Gasteiger partial charge in [0.25, 0.3) is 0 Å². The number of rotatable bonds is 4. The molecule has 0 saturated carbocycles. The molecule has 0 aliphatic heterocycles. The molecule has 96 valence electrons. The highest BCUT2D eigenvalue weighted by Gasteiger charge is 2.15. The Hall–Kier alpha value is -0.480. The third kappa shape index (κ3) is 5.13. The molecule has 0 saturated heterocycles. The molecule has 6 heteroatoms. The Labute approximate surface area is 117 Å². The highest BCUT2D eigenvalue weighted by molar-refractivity contribution is 6.33. The van der Waals surface area contributed by atoms with Gasteiger partial charge in [-0.2, -0.15) is 0 Å². The molecule has 0 aromatic heterocycles. The zero-order chi connectivity index (χ0) is 12.1. The topological polar surface area (TPSA) is 52.3 Å². The van der Waals surface area contributed by atoms with Crippen molar-refractivity contribution in [2.75, 3.05) is 6.61 Å². The van der Waals surface area contributed by atoms with Crippen LogP contribution >= 0.6 is 35.6 Å². The van der Waals surface area contributed by atoms with E-state index in [1.807, 2.05) is 0 Å². The van der Waals surface area contributed by atoms with Gasteiger partial charge in [0.15, 0.2) is 0 Å². The number of nitrogens with two attached hydrogens (primary N) is 1. The second-order valence-corrected chi connectivity index (χ2v) is 4.13. The van der Waals surface area contributed by atoms with E-state index < -0.39 is 6.04 Å². The van der Waals surface area contributed by atoms with E-state index in [2.05, 4.69) is 0 Å². The summed E-state index contributed by atoms with van der Waals surface area (Å²) in [5.41, 5.74) is 6.51. The van der Waals surface area contributed by atoms with Crippen molar-refractivity contribution < 1.29 is 9.53 Å². The first-order valence-electron chi connectivity index (χ1n) is 4.90. The molecule has 1 rings (SSSR count). The van der Waals surface area contributed by atoms with Crippen LogP contribution in [0.2, 0.25) is 10.0 Å². The van der Waals surface area contributed by atoms with E-state index in [0.29, 0.717) is 22.2 Å². The van der Waals surface area contributed by atoms with Gasteiger partial charge >= 0.3 is 5.97 Å². The van der Waals surface area contributed by atoms with Gasteiger partial charge in [-0.3, -0.25) is 4.79 Å². The summed E-state index contributed by atoms with van der Waals surface area (Å²) in [6.45, 7) is 2.09. The number of carbonyl (C=O) groups is 1. The summed E-state index contributed by atoms with van der Waals surface area (Å²) in [6, 6.07) is 4.49. The average molecular weight is 299 g/mol. The van der Waals surface area contributed by atoms with Crippen LogP contribution in [0.4, 0.5) is 0 Å². The fraction of sp³-hybridized carbons (Fsp3) is 0.364. The lowest BCUT2D eigenvalue weighted by Gasteiger charge is -2.13. The molecule has 1 aromatic rings. The van der Waals surface area contributed by atoms with Crippen LogP contribution in [0.1, 0.15) is 24.9 Å². The van der Waals surface area contributed by atoms with Gasteiger partial charge in [-0.05, 0) is 30.7 Å². The molecule has 1 aromatic carbocycles. The summed E-state index contributed by atoms with van der Waals surface area (Å²) < 4.78 is 4.81. The quantitative estimate of drug-likeness (QED) is 0.867. The van der Waals surface area contributed by atoms with E-state index in [4.69, 9.17) is 33.7 Å². The first kappa shape index (κ1) is 16.5. The van der Waals surface area contributed by atoms with Gasteiger partial charge in [0, 0.05) is 16.1 Å². The van der Waals surface area contributed by atoms with E-state index in [1.54, 1.807) is 25.1 Å². The lowest BCUT2D eigenvalue weighted by atomic mass is 10.0. The predicted octanol–water partition coefficient (Wildman–Crippen LogP) is 3.37. The molecule has 3 nitrogen and oxygen atoms in total. The van der Waals surface area contributed by atoms with Crippen LogP contribution < -0.4 is 5.73 Å². The molecule has 2 N–H and O–H groups in total. The van der Waals surface area contributed by atoms with Crippen LogP contribution in [0.5, 0.6) is 0 Å². The van der Waals surface area contributed by atoms with Crippen molar-refractivity contribution in [3.8, 4) is 0 Å². The molecular weight excluding hydrogens is 284 g/mol. The van der Waals surface area contributed by atoms with Gasteiger partial charge in [0.2, 0.25) is 0 Å². The number of hydrogen-bond acceptors (Lipinski definition) is 3. The first-order valence-corrected chi connectivity index (χ1v) is 5.66. The minimum absolute atomic E-state index is 0. The van der Waals surface area contributed by atoms with Gasteiger partial charge in [-0.1, -0.05) is 23.2 Å². The van der Waals surface area contributed by atoms with Crippen LogP contribution in [-0.2, 0) is 9.53 Å². The molecule has 0 amide bonds. The maximum atomic E-state index is 11.2. The summed E-state index contributed by atoms with van der Waals surface area (Å²) in [5, 5.41) is 1.04. The van der Waals surface area contributed by atoms with E-state index >= 15 is 0 Å². The van der Waals surface area contributed by atoms with Crippen molar-refractivity contribution in [1.82, 2.24) is 0 Å². The Balaban J connectivity index is 0.00000256. The smallest absolute Gasteiger partial charge is 0.307 e. The third-order valence-corrected chi connectivity index (χ3v) is 2.63. The Morgan fingerprint density at radius 1 is 1.47 bits per heavy atom. The zero-order valence-electron chi connectivity index (χ0n) is 9.28. The second kappa shape index (κ2) is 7.77. The number of ether oxygens (including phenoxy) is 1. The number of esters is 1. The summed E-state index contributed by atoms with van der Waals surface area (Å²) >= 11 is 11.8. The summed E-state index contributed by atoms with van der Waals surface area (Å²) in [5.74, 6) is -0.342. The standard InChI is InChI=1S/C11H13Cl2NO2.ClH/c1-2-16-11(15)6-10(14)8-5-7(12)3-4-9(8)13;/h3-5,10H,2,6,14H2,1H3;1H/t10-;/m0./s1. The maximum Gasteiger partial charge on any atom is 0.307 e. The average Bonchev–Trinajstić information content (AvgIpc) is 2.21. The minimum Gasteiger partial charge on any atom is -0.466 e. The molecule has 0 fully saturated rings. The molecule has 0 aliphatic rings. The molecular formula is C11H14Cl3NO2. The summed E-state index contributed by atoms with van der Waals surface area (Å²) in [4.78, 5) is 11.2. The van der Waals surface area contributed by atoms with Gasteiger partial charge in [0.1, 0.15) is 0 Å². The zero-order valence-corrected chi connectivity index (χ0v) is 11.6. The van der Waals surface area contributed by atoms with Crippen LogP contribution in [0.15, 0.2) is 18.2 Å². The third-order valence-electron chi connectivity index (χ3n) is 2.05. The predicted molar refractivity (Wildman–Crippen MR) is 71.9 cm³/mol. The molecule has 0 spiro atoms. The normalized spacial score (nSPS) is 11.5. The molecule has 1 atom stereocenters. The lowest BCUT2D eigenvalue weighted by molar-refractivity contribution is -0.143. The fourth-order valence-electron chi connectivity index (χ4n) is 1.31. The van der Waals surface area contributed by atoms with Gasteiger partial charge in [-0.25, -0.2) is 0 Å². The van der Waals surface area contributed by atoms with Crippen LogP contribution in [0.3, 0.4) is 0 Å². The lowest BCUT2D eigenvalue weighted by Crippen LogP contribution is -2.17. The summed E-state index contributed by atoms with van der Waals surface area (Å²) in [6.07, 6.45) is 0.0912. The van der Waals surface area contributed by atoms with Crippen molar-refractivity contribution in [2.24, 2.45) is 5.73 Å². The summed E-state index contributed by atoms with van der Waals surface area (Å²) in [7, 11) is 0. The van der Waals surface area contributed by atoms with Crippen molar-refractivity contribution in [3.63, 3.8) is 0 Å². The van der Waals surface area contributed by atoms with Crippen LogP contribution in [0.25, 0.3) is 0 Å². The molecule has 0 unspecified atom stereocenters. The maximum absolute atomic E-state index is 11.2. The Bertz CT molecular complexity index is 385. The minimum atomic E-state index is -0.495. The molecule has 0 radical (unpaired) electrons.